The van der Waals surface area contributed by atoms with Gasteiger partial charge in [-0.1, -0.05) is 0 Å². The Morgan fingerprint density at radius 2 is 2.16 bits per heavy atom. The number of non-ortho nitro benzene ring substituents is 1. The van der Waals surface area contributed by atoms with Crippen molar-refractivity contribution in [2.45, 2.75) is 6.92 Å². The summed E-state index contributed by atoms with van der Waals surface area (Å²) >= 11 is 3.23. The highest BCUT2D eigenvalue weighted by molar-refractivity contribution is 9.10. The highest BCUT2D eigenvalue weighted by Gasteiger charge is 2.21. The molecule has 2 rings (SSSR count). The molecule has 0 N–H and O–H groups in total. The first-order valence-electron chi connectivity index (χ1n) is 5.27. The SMILES string of the molecule is COC(=O)c1ncc(Br)c2c([N+](=O)[O-])cc(C)cc12. The van der Waals surface area contributed by atoms with Crippen LogP contribution in [-0.4, -0.2) is 23.0 Å². The molecule has 1 aromatic heterocycles. The van der Waals surface area contributed by atoms with Crippen LogP contribution in [0.4, 0.5) is 5.69 Å². The Morgan fingerprint density at radius 1 is 1.47 bits per heavy atom. The lowest BCUT2D eigenvalue weighted by Gasteiger charge is -2.07. The number of halogens is 1. The van der Waals surface area contributed by atoms with Crippen molar-refractivity contribution in [2.24, 2.45) is 0 Å². The van der Waals surface area contributed by atoms with Crippen molar-refractivity contribution in [2.75, 3.05) is 7.11 Å². The number of nitrogens with zero attached hydrogens (tertiary/aromatic N) is 2. The van der Waals surface area contributed by atoms with Gasteiger partial charge >= 0.3 is 5.97 Å². The zero-order valence-corrected chi connectivity index (χ0v) is 11.7. The minimum Gasteiger partial charge on any atom is -0.464 e. The topological polar surface area (TPSA) is 82.3 Å². The number of benzene rings is 1. The summed E-state index contributed by atoms with van der Waals surface area (Å²) in [6, 6.07) is 3.13. The molecule has 1 heterocycles. The quantitative estimate of drug-likeness (QED) is 0.481. The maximum atomic E-state index is 11.7. The second kappa shape index (κ2) is 4.93. The minimum atomic E-state index is -0.627. The molecule has 0 bridgehead atoms. The van der Waals surface area contributed by atoms with Gasteiger partial charge in [-0.15, -0.1) is 0 Å². The largest absolute Gasteiger partial charge is 0.464 e. The molecule has 0 spiro atoms. The number of pyridine rings is 1. The van der Waals surface area contributed by atoms with Crippen LogP contribution in [-0.2, 0) is 4.74 Å². The van der Waals surface area contributed by atoms with E-state index >= 15 is 0 Å². The first-order valence-corrected chi connectivity index (χ1v) is 6.06. The number of carbonyl (C=O) groups excluding carboxylic acids is 1. The van der Waals surface area contributed by atoms with Crippen LogP contribution in [0.1, 0.15) is 16.1 Å². The number of ether oxygens (including phenoxy) is 1. The molecule has 0 fully saturated rings. The molecule has 19 heavy (non-hydrogen) atoms. The third-order valence-corrected chi connectivity index (χ3v) is 3.24. The van der Waals surface area contributed by atoms with Gasteiger partial charge < -0.3 is 4.74 Å². The summed E-state index contributed by atoms with van der Waals surface area (Å²) in [6.45, 7) is 1.72. The average molecular weight is 325 g/mol. The molecule has 0 amide bonds. The van der Waals surface area contributed by atoms with Crippen molar-refractivity contribution < 1.29 is 14.5 Å². The first-order chi connectivity index (χ1) is 8.95. The molecule has 1 aromatic carbocycles. The van der Waals surface area contributed by atoms with Gasteiger partial charge in [-0.2, -0.15) is 0 Å². The lowest BCUT2D eigenvalue weighted by atomic mass is 10.0. The Labute approximate surface area is 116 Å². The van der Waals surface area contributed by atoms with Crippen molar-refractivity contribution in [3.63, 3.8) is 0 Å². The number of hydrogen-bond donors (Lipinski definition) is 0. The van der Waals surface area contributed by atoms with Gasteiger partial charge in [0.1, 0.15) is 0 Å². The van der Waals surface area contributed by atoms with Gasteiger partial charge in [0.05, 0.1) is 21.9 Å². The number of methoxy groups -OCH3 is 1. The number of nitro groups is 1. The summed E-state index contributed by atoms with van der Waals surface area (Å²) in [5, 5.41) is 11.9. The van der Waals surface area contributed by atoms with E-state index < -0.39 is 10.9 Å². The maximum Gasteiger partial charge on any atom is 0.357 e. The van der Waals surface area contributed by atoms with Crippen LogP contribution in [0, 0.1) is 17.0 Å². The second-order valence-corrected chi connectivity index (χ2v) is 4.76. The second-order valence-electron chi connectivity index (χ2n) is 3.91. The Balaban J connectivity index is 2.94. The molecule has 0 unspecified atom stereocenters. The number of aryl methyl sites for hydroxylation is 1. The van der Waals surface area contributed by atoms with E-state index in [4.69, 9.17) is 0 Å². The fraction of sp³-hybridized carbons (Fsp3) is 0.167. The third-order valence-electron chi connectivity index (χ3n) is 2.64. The number of nitro benzene ring substituents is 1. The smallest absolute Gasteiger partial charge is 0.357 e. The molecular formula is C12H9BrN2O4. The van der Waals surface area contributed by atoms with E-state index in [-0.39, 0.29) is 11.4 Å². The van der Waals surface area contributed by atoms with Gasteiger partial charge in [0.15, 0.2) is 5.69 Å². The van der Waals surface area contributed by atoms with Gasteiger partial charge in [0.25, 0.3) is 5.69 Å². The van der Waals surface area contributed by atoms with Crippen molar-refractivity contribution in [3.05, 3.63) is 44.2 Å². The number of rotatable bonds is 2. The Kier molecular flexibility index (Phi) is 3.48. The zero-order valence-electron chi connectivity index (χ0n) is 10.1. The monoisotopic (exact) mass is 324 g/mol. The van der Waals surface area contributed by atoms with Crippen LogP contribution in [0.5, 0.6) is 0 Å². The van der Waals surface area contributed by atoms with E-state index in [1.165, 1.54) is 19.4 Å². The third kappa shape index (κ3) is 2.28. The normalized spacial score (nSPS) is 10.5. The van der Waals surface area contributed by atoms with Crippen molar-refractivity contribution >= 4 is 38.4 Å². The molecule has 0 radical (unpaired) electrons. The van der Waals surface area contributed by atoms with Crippen LogP contribution in [0.2, 0.25) is 0 Å². The zero-order chi connectivity index (χ0) is 14.2. The van der Waals surface area contributed by atoms with Gasteiger partial charge in [0, 0.05) is 17.6 Å². The lowest BCUT2D eigenvalue weighted by molar-refractivity contribution is -0.383. The number of carbonyl (C=O) groups is 1. The van der Waals surface area contributed by atoms with E-state index in [1.54, 1.807) is 13.0 Å². The summed E-state index contributed by atoms with van der Waals surface area (Å²) in [6.07, 6.45) is 1.36. The predicted molar refractivity (Wildman–Crippen MR) is 72.2 cm³/mol. The molecule has 0 aliphatic carbocycles. The highest BCUT2D eigenvalue weighted by atomic mass is 79.9. The molecule has 2 aromatic rings. The number of hydrogen-bond acceptors (Lipinski definition) is 5. The van der Waals surface area contributed by atoms with Gasteiger partial charge in [-0.3, -0.25) is 10.1 Å². The Morgan fingerprint density at radius 3 is 2.74 bits per heavy atom. The minimum absolute atomic E-state index is 0.0625. The summed E-state index contributed by atoms with van der Waals surface area (Å²) in [7, 11) is 1.24. The molecule has 7 heteroatoms. The van der Waals surface area contributed by atoms with Crippen LogP contribution in [0.15, 0.2) is 22.8 Å². The van der Waals surface area contributed by atoms with Crippen molar-refractivity contribution in [3.8, 4) is 0 Å². The molecule has 0 aliphatic heterocycles. The fourth-order valence-corrected chi connectivity index (χ4v) is 2.38. The van der Waals surface area contributed by atoms with E-state index in [0.29, 0.717) is 20.8 Å². The summed E-state index contributed by atoms with van der Waals surface area (Å²) in [5.74, 6) is -0.627. The van der Waals surface area contributed by atoms with E-state index in [1.807, 2.05) is 0 Å². The molecule has 0 atom stereocenters. The molecular weight excluding hydrogens is 316 g/mol. The summed E-state index contributed by atoms with van der Waals surface area (Å²) in [4.78, 5) is 26.3. The van der Waals surface area contributed by atoms with E-state index in [9.17, 15) is 14.9 Å². The van der Waals surface area contributed by atoms with Crippen molar-refractivity contribution in [1.29, 1.82) is 0 Å². The summed E-state index contributed by atoms with van der Waals surface area (Å²) in [5.41, 5.74) is 0.659. The maximum absolute atomic E-state index is 11.7. The fourth-order valence-electron chi connectivity index (χ4n) is 1.86. The predicted octanol–water partition coefficient (Wildman–Crippen LogP) is 3.00. The van der Waals surface area contributed by atoms with Crippen LogP contribution in [0.3, 0.4) is 0 Å². The molecule has 0 aliphatic rings. The number of aromatic nitrogens is 1. The van der Waals surface area contributed by atoms with E-state index in [2.05, 4.69) is 25.7 Å². The van der Waals surface area contributed by atoms with Crippen LogP contribution < -0.4 is 0 Å². The summed E-state index contributed by atoms with van der Waals surface area (Å²) < 4.78 is 5.10. The lowest BCUT2D eigenvalue weighted by Crippen LogP contribution is -2.06. The van der Waals surface area contributed by atoms with Crippen molar-refractivity contribution in [1.82, 2.24) is 4.98 Å². The highest BCUT2D eigenvalue weighted by Crippen LogP contribution is 2.34. The first kappa shape index (κ1) is 13.4. The molecule has 6 nitrogen and oxygen atoms in total. The standard InChI is InChI=1S/C12H9BrN2O4/c1-6-3-7-10(9(4-6)15(17)18)8(13)5-14-11(7)12(16)19-2/h3-5H,1-2H3. The average Bonchev–Trinajstić information content (AvgIpc) is 2.37. The molecule has 0 saturated carbocycles. The number of fused-ring (bicyclic) bond motifs is 1. The van der Waals surface area contributed by atoms with Gasteiger partial charge in [-0.05, 0) is 34.5 Å². The van der Waals surface area contributed by atoms with Gasteiger partial charge in [0.2, 0.25) is 0 Å². The number of esters is 1. The molecule has 0 saturated heterocycles. The Hall–Kier alpha value is -2.02. The van der Waals surface area contributed by atoms with E-state index in [0.717, 1.165) is 0 Å². The molecule has 98 valence electrons. The Bertz CT molecular complexity index is 700. The van der Waals surface area contributed by atoms with Crippen LogP contribution in [0.25, 0.3) is 10.8 Å². The van der Waals surface area contributed by atoms with Crippen LogP contribution >= 0.6 is 15.9 Å². The van der Waals surface area contributed by atoms with Gasteiger partial charge in [-0.25, -0.2) is 9.78 Å².